The third kappa shape index (κ3) is 5.96. The van der Waals surface area contributed by atoms with Crippen LogP contribution in [-0.4, -0.2) is 37.6 Å². The summed E-state index contributed by atoms with van der Waals surface area (Å²) < 4.78 is 31.2. The number of nitrogens with one attached hydrogen (secondary N) is 1. The molecule has 5 rings (SSSR count). The summed E-state index contributed by atoms with van der Waals surface area (Å²) in [6.45, 7) is 2.37. The number of hydrogen-bond acceptors (Lipinski definition) is 5. The van der Waals surface area contributed by atoms with E-state index in [0.29, 0.717) is 36.8 Å². The van der Waals surface area contributed by atoms with E-state index in [-0.39, 0.29) is 30.1 Å². The Labute approximate surface area is 222 Å². The minimum atomic E-state index is -0.289. The Morgan fingerprint density at radius 3 is 2.68 bits per heavy atom. The SMILES string of the molecule is COCCNC(=O)c1ccc(COc2ccc3c(c2)C(c2ccccc2)N(Cc2ccccc2F)CC3)o1. The summed E-state index contributed by atoms with van der Waals surface area (Å²) in [6.07, 6.45) is 0.868. The maximum atomic E-state index is 14.5. The van der Waals surface area contributed by atoms with Gasteiger partial charge in [-0.25, -0.2) is 4.39 Å². The number of benzene rings is 3. The fourth-order valence-electron chi connectivity index (χ4n) is 4.86. The first kappa shape index (κ1) is 25.7. The van der Waals surface area contributed by atoms with Crippen molar-refractivity contribution < 1.29 is 23.1 Å². The van der Waals surface area contributed by atoms with Crippen LogP contribution in [0.3, 0.4) is 0 Å². The zero-order valence-corrected chi connectivity index (χ0v) is 21.4. The van der Waals surface area contributed by atoms with Crippen LogP contribution < -0.4 is 10.1 Å². The number of furan rings is 1. The van der Waals surface area contributed by atoms with E-state index in [9.17, 15) is 9.18 Å². The van der Waals surface area contributed by atoms with Gasteiger partial charge in [0.05, 0.1) is 12.6 Å². The third-order valence-electron chi connectivity index (χ3n) is 6.75. The van der Waals surface area contributed by atoms with Crippen molar-refractivity contribution in [1.29, 1.82) is 0 Å². The van der Waals surface area contributed by atoms with Gasteiger partial charge in [-0.1, -0.05) is 54.6 Å². The summed E-state index contributed by atoms with van der Waals surface area (Å²) >= 11 is 0. The van der Waals surface area contributed by atoms with Crippen LogP contribution in [0.5, 0.6) is 5.75 Å². The van der Waals surface area contributed by atoms with Crippen molar-refractivity contribution >= 4 is 5.91 Å². The van der Waals surface area contributed by atoms with Crippen LogP contribution in [0.15, 0.2) is 89.3 Å². The first-order valence-electron chi connectivity index (χ1n) is 12.8. The van der Waals surface area contributed by atoms with Crippen molar-refractivity contribution in [3.05, 3.63) is 125 Å². The number of hydrogen-bond donors (Lipinski definition) is 1. The molecule has 0 saturated heterocycles. The molecule has 7 heteroatoms. The molecule has 3 aromatic carbocycles. The van der Waals surface area contributed by atoms with E-state index in [0.717, 1.165) is 24.1 Å². The molecule has 1 N–H and O–H groups in total. The van der Waals surface area contributed by atoms with E-state index < -0.39 is 0 Å². The molecule has 4 aromatic rings. The van der Waals surface area contributed by atoms with Crippen molar-refractivity contribution in [3.63, 3.8) is 0 Å². The van der Waals surface area contributed by atoms with E-state index in [4.69, 9.17) is 13.9 Å². The molecule has 1 amide bonds. The Balaban J connectivity index is 1.35. The first-order chi connectivity index (χ1) is 18.6. The lowest BCUT2D eigenvalue weighted by atomic mass is 9.87. The fourth-order valence-corrected chi connectivity index (χ4v) is 4.86. The van der Waals surface area contributed by atoms with Gasteiger partial charge in [0, 0.05) is 32.3 Å². The molecule has 196 valence electrons. The molecule has 1 aliphatic rings. The molecule has 2 heterocycles. The van der Waals surface area contributed by atoms with E-state index in [1.54, 1.807) is 25.3 Å². The molecular formula is C31H31FN2O4. The van der Waals surface area contributed by atoms with Crippen LogP contribution in [0, 0.1) is 5.82 Å². The van der Waals surface area contributed by atoms with E-state index in [1.165, 1.54) is 11.6 Å². The molecular weight excluding hydrogens is 483 g/mol. The van der Waals surface area contributed by atoms with Crippen molar-refractivity contribution in [2.45, 2.75) is 25.6 Å². The van der Waals surface area contributed by atoms with E-state index >= 15 is 0 Å². The number of nitrogens with zero attached hydrogens (tertiary/aromatic N) is 1. The van der Waals surface area contributed by atoms with Crippen LogP contribution in [0.25, 0.3) is 0 Å². The van der Waals surface area contributed by atoms with Crippen LogP contribution >= 0.6 is 0 Å². The van der Waals surface area contributed by atoms with Crippen LogP contribution in [0.2, 0.25) is 0 Å². The highest BCUT2D eigenvalue weighted by Crippen LogP contribution is 2.38. The number of carbonyl (C=O) groups is 1. The summed E-state index contributed by atoms with van der Waals surface area (Å²) in [4.78, 5) is 14.5. The number of carbonyl (C=O) groups excluding carboxylic acids is 1. The van der Waals surface area contributed by atoms with Crippen molar-refractivity contribution in [2.24, 2.45) is 0 Å². The number of methoxy groups -OCH3 is 1. The summed E-state index contributed by atoms with van der Waals surface area (Å²) in [6, 6.07) is 26.8. The monoisotopic (exact) mass is 514 g/mol. The normalized spacial score (nSPS) is 15.2. The largest absolute Gasteiger partial charge is 0.486 e. The van der Waals surface area contributed by atoms with Crippen LogP contribution in [0.4, 0.5) is 4.39 Å². The Morgan fingerprint density at radius 2 is 1.87 bits per heavy atom. The smallest absolute Gasteiger partial charge is 0.287 e. The molecule has 0 radical (unpaired) electrons. The lowest BCUT2D eigenvalue weighted by Gasteiger charge is -2.38. The van der Waals surface area contributed by atoms with Gasteiger partial charge in [0.15, 0.2) is 5.76 Å². The fraction of sp³-hybridized carbons (Fsp3) is 0.258. The predicted molar refractivity (Wildman–Crippen MR) is 142 cm³/mol. The van der Waals surface area contributed by atoms with Gasteiger partial charge in [0.2, 0.25) is 0 Å². The number of halogens is 1. The molecule has 0 saturated carbocycles. The summed E-state index contributed by atoms with van der Waals surface area (Å²) in [5, 5.41) is 2.74. The molecule has 0 aliphatic carbocycles. The number of ether oxygens (including phenoxy) is 2. The van der Waals surface area contributed by atoms with E-state index in [1.807, 2.05) is 36.4 Å². The van der Waals surface area contributed by atoms with Gasteiger partial charge in [0.25, 0.3) is 5.91 Å². The van der Waals surface area contributed by atoms with E-state index in [2.05, 4.69) is 34.5 Å². The van der Waals surface area contributed by atoms with Gasteiger partial charge >= 0.3 is 0 Å². The van der Waals surface area contributed by atoms with Gasteiger partial charge in [0.1, 0.15) is 23.9 Å². The maximum absolute atomic E-state index is 14.5. The van der Waals surface area contributed by atoms with Gasteiger partial charge in [-0.05, 0) is 53.4 Å². The van der Waals surface area contributed by atoms with Gasteiger partial charge < -0.3 is 19.2 Å². The van der Waals surface area contributed by atoms with Crippen LogP contribution in [0.1, 0.15) is 44.6 Å². The second-order valence-electron chi connectivity index (χ2n) is 9.29. The lowest BCUT2D eigenvalue weighted by molar-refractivity contribution is 0.0905. The Bertz CT molecular complexity index is 1370. The third-order valence-corrected chi connectivity index (χ3v) is 6.75. The second kappa shape index (κ2) is 12.1. The molecule has 0 fully saturated rings. The van der Waals surface area contributed by atoms with Crippen molar-refractivity contribution in [3.8, 4) is 5.75 Å². The Kier molecular flexibility index (Phi) is 8.16. The number of rotatable bonds is 10. The zero-order chi connectivity index (χ0) is 26.3. The van der Waals surface area contributed by atoms with Crippen molar-refractivity contribution in [2.75, 3.05) is 26.8 Å². The summed E-state index contributed by atoms with van der Waals surface area (Å²) in [5.41, 5.74) is 4.24. The molecule has 1 unspecified atom stereocenters. The molecule has 1 aromatic heterocycles. The standard InChI is InChI=1S/C31H31FN2O4/c1-36-18-16-33-31(35)29-14-13-26(38-29)21-37-25-12-11-22-15-17-34(20-24-9-5-6-10-28(24)32)30(27(22)19-25)23-7-3-2-4-8-23/h2-14,19,30H,15-18,20-21H2,1H3,(H,33,35). The van der Waals surface area contributed by atoms with Crippen LogP contribution in [-0.2, 0) is 24.3 Å². The summed E-state index contributed by atoms with van der Waals surface area (Å²) in [5.74, 6) is 1.02. The molecule has 0 bridgehead atoms. The predicted octanol–water partition coefficient (Wildman–Crippen LogP) is 5.52. The average molecular weight is 515 g/mol. The first-order valence-corrected chi connectivity index (χ1v) is 12.8. The highest BCUT2D eigenvalue weighted by Gasteiger charge is 2.29. The Morgan fingerprint density at radius 1 is 1.05 bits per heavy atom. The topological polar surface area (TPSA) is 63.9 Å². The Hall–Kier alpha value is -3.94. The summed E-state index contributed by atoms with van der Waals surface area (Å²) in [7, 11) is 1.58. The highest BCUT2D eigenvalue weighted by molar-refractivity contribution is 5.91. The van der Waals surface area contributed by atoms with Gasteiger partial charge in [-0.2, -0.15) is 0 Å². The second-order valence-corrected chi connectivity index (χ2v) is 9.29. The number of fused-ring (bicyclic) bond motifs is 1. The maximum Gasteiger partial charge on any atom is 0.287 e. The van der Waals surface area contributed by atoms with Crippen molar-refractivity contribution in [1.82, 2.24) is 10.2 Å². The number of amides is 1. The quantitative estimate of drug-likeness (QED) is 0.282. The molecule has 1 aliphatic heterocycles. The molecule has 1 atom stereocenters. The molecule has 38 heavy (non-hydrogen) atoms. The molecule has 6 nitrogen and oxygen atoms in total. The lowest BCUT2D eigenvalue weighted by Crippen LogP contribution is -2.36. The zero-order valence-electron chi connectivity index (χ0n) is 21.4. The minimum absolute atomic E-state index is 0.0332. The average Bonchev–Trinajstić information content (AvgIpc) is 3.43. The highest BCUT2D eigenvalue weighted by atomic mass is 19.1. The molecule has 0 spiro atoms. The minimum Gasteiger partial charge on any atom is -0.486 e. The van der Waals surface area contributed by atoms with Gasteiger partial charge in [-0.3, -0.25) is 9.69 Å². The van der Waals surface area contributed by atoms with Gasteiger partial charge in [-0.15, -0.1) is 0 Å².